The van der Waals surface area contributed by atoms with E-state index < -0.39 is 11.6 Å². The molecule has 1 aromatic rings. The number of hydrogen-bond acceptors (Lipinski definition) is 5. The van der Waals surface area contributed by atoms with Gasteiger partial charge in [0.25, 0.3) is 0 Å². The standard InChI is InChI=1S/C14H21NO4/c1-18-9-11(17)8-15-14(10-16)6-7-19-13-5-3-2-4-12(13)14/h2-5,11,15-17H,6-10H2,1H3/t11-,14?/m1/s1. The summed E-state index contributed by atoms with van der Waals surface area (Å²) < 4.78 is 10.5. The molecule has 5 heteroatoms. The van der Waals surface area contributed by atoms with Crippen LogP contribution >= 0.6 is 0 Å². The SMILES string of the molecule is COC[C@H](O)CNC1(CO)CCOc2ccccc21. The van der Waals surface area contributed by atoms with Gasteiger partial charge in [0, 0.05) is 25.6 Å². The summed E-state index contributed by atoms with van der Waals surface area (Å²) in [4.78, 5) is 0. The number of rotatable bonds is 6. The first-order valence-electron chi connectivity index (χ1n) is 6.47. The molecule has 1 aromatic carbocycles. The van der Waals surface area contributed by atoms with Crippen molar-refractivity contribution in [3.8, 4) is 5.75 Å². The molecule has 0 bridgehead atoms. The molecule has 19 heavy (non-hydrogen) atoms. The van der Waals surface area contributed by atoms with Crippen LogP contribution in [-0.2, 0) is 10.3 Å². The molecule has 3 N–H and O–H groups in total. The highest BCUT2D eigenvalue weighted by Crippen LogP contribution is 2.36. The highest BCUT2D eigenvalue weighted by molar-refractivity contribution is 5.41. The van der Waals surface area contributed by atoms with Gasteiger partial charge < -0.3 is 25.0 Å². The minimum Gasteiger partial charge on any atom is -0.493 e. The Labute approximate surface area is 113 Å². The third kappa shape index (κ3) is 3.06. The second-order valence-electron chi connectivity index (χ2n) is 4.82. The molecule has 0 fully saturated rings. The summed E-state index contributed by atoms with van der Waals surface area (Å²) >= 11 is 0. The maximum atomic E-state index is 9.80. The number of fused-ring (bicyclic) bond motifs is 1. The van der Waals surface area contributed by atoms with Crippen molar-refractivity contribution < 1.29 is 19.7 Å². The molecule has 5 nitrogen and oxygen atoms in total. The van der Waals surface area contributed by atoms with Crippen molar-refractivity contribution in [3.05, 3.63) is 29.8 Å². The molecule has 0 amide bonds. The summed E-state index contributed by atoms with van der Waals surface area (Å²) in [5.74, 6) is 0.788. The van der Waals surface area contributed by atoms with Crippen LogP contribution in [0.15, 0.2) is 24.3 Å². The van der Waals surface area contributed by atoms with Gasteiger partial charge in [-0.2, -0.15) is 0 Å². The van der Waals surface area contributed by atoms with E-state index in [9.17, 15) is 10.2 Å². The van der Waals surface area contributed by atoms with Gasteiger partial charge >= 0.3 is 0 Å². The lowest BCUT2D eigenvalue weighted by Crippen LogP contribution is -2.51. The smallest absolute Gasteiger partial charge is 0.124 e. The van der Waals surface area contributed by atoms with Crippen molar-refractivity contribution in [1.29, 1.82) is 0 Å². The molecule has 0 saturated carbocycles. The molecule has 106 valence electrons. The Kier molecular flexibility index (Phi) is 4.76. The van der Waals surface area contributed by atoms with E-state index in [0.717, 1.165) is 11.3 Å². The lowest BCUT2D eigenvalue weighted by Gasteiger charge is -2.38. The zero-order chi connectivity index (χ0) is 13.7. The molecule has 2 atom stereocenters. The lowest BCUT2D eigenvalue weighted by atomic mass is 9.85. The largest absolute Gasteiger partial charge is 0.493 e. The van der Waals surface area contributed by atoms with Crippen LogP contribution < -0.4 is 10.1 Å². The Morgan fingerprint density at radius 1 is 1.47 bits per heavy atom. The van der Waals surface area contributed by atoms with E-state index in [4.69, 9.17) is 9.47 Å². The van der Waals surface area contributed by atoms with Crippen LogP contribution in [0.5, 0.6) is 5.75 Å². The van der Waals surface area contributed by atoms with Crippen LogP contribution in [-0.4, -0.2) is 49.8 Å². The first kappa shape index (κ1) is 14.3. The van der Waals surface area contributed by atoms with E-state index in [-0.39, 0.29) is 13.2 Å². The van der Waals surface area contributed by atoms with Gasteiger partial charge in [0.1, 0.15) is 5.75 Å². The minimum absolute atomic E-state index is 0.0346. The molecule has 1 heterocycles. The van der Waals surface area contributed by atoms with Gasteiger partial charge in [0.15, 0.2) is 0 Å². The van der Waals surface area contributed by atoms with E-state index in [0.29, 0.717) is 19.6 Å². The van der Waals surface area contributed by atoms with Gasteiger partial charge in [-0.05, 0) is 6.07 Å². The normalized spacial score (nSPS) is 23.5. The molecule has 0 radical (unpaired) electrons. The van der Waals surface area contributed by atoms with E-state index >= 15 is 0 Å². The Bertz CT molecular complexity index is 412. The van der Waals surface area contributed by atoms with E-state index in [1.807, 2.05) is 24.3 Å². The summed E-state index contributed by atoms with van der Waals surface area (Å²) in [5, 5.41) is 22.8. The molecule has 0 aliphatic carbocycles. The first-order valence-corrected chi connectivity index (χ1v) is 6.47. The first-order chi connectivity index (χ1) is 9.22. The van der Waals surface area contributed by atoms with Crippen molar-refractivity contribution >= 4 is 0 Å². The number of benzene rings is 1. The second kappa shape index (κ2) is 6.34. The third-order valence-corrected chi connectivity index (χ3v) is 3.49. The van der Waals surface area contributed by atoms with Crippen LogP contribution in [0.25, 0.3) is 0 Å². The fourth-order valence-corrected chi connectivity index (χ4v) is 2.43. The Morgan fingerprint density at radius 3 is 3.00 bits per heavy atom. The lowest BCUT2D eigenvalue weighted by molar-refractivity contribution is 0.0439. The monoisotopic (exact) mass is 267 g/mol. The average molecular weight is 267 g/mol. The summed E-state index contributed by atoms with van der Waals surface area (Å²) in [5.41, 5.74) is 0.386. The number of aliphatic hydroxyl groups excluding tert-OH is 2. The van der Waals surface area contributed by atoms with Crippen molar-refractivity contribution in [3.63, 3.8) is 0 Å². The third-order valence-electron chi connectivity index (χ3n) is 3.49. The molecule has 1 unspecified atom stereocenters. The van der Waals surface area contributed by atoms with Crippen molar-refractivity contribution in [2.45, 2.75) is 18.1 Å². The molecule has 1 aliphatic rings. The highest BCUT2D eigenvalue weighted by atomic mass is 16.5. The fraction of sp³-hybridized carbons (Fsp3) is 0.571. The van der Waals surface area contributed by atoms with Crippen molar-refractivity contribution in [1.82, 2.24) is 5.32 Å². The van der Waals surface area contributed by atoms with Crippen LogP contribution in [0.4, 0.5) is 0 Å². The summed E-state index contributed by atoms with van der Waals surface area (Å²) in [6.45, 7) is 1.15. The summed E-state index contributed by atoms with van der Waals surface area (Å²) in [6, 6.07) is 7.67. The quantitative estimate of drug-likeness (QED) is 0.689. The fourth-order valence-electron chi connectivity index (χ4n) is 2.43. The van der Waals surface area contributed by atoms with Crippen LogP contribution in [0.2, 0.25) is 0 Å². The van der Waals surface area contributed by atoms with E-state index in [2.05, 4.69) is 5.32 Å². The maximum absolute atomic E-state index is 9.80. The molecule has 2 rings (SSSR count). The maximum Gasteiger partial charge on any atom is 0.124 e. The van der Waals surface area contributed by atoms with E-state index in [1.165, 1.54) is 0 Å². The van der Waals surface area contributed by atoms with Crippen molar-refractivity contribution in [2.75, 3.05) is 33.5 Å². The number of methoxy groups -OCH3 is 1. The number of nitrogens with one attached hydrogen (secondary N) is 1. The zero-order valence-electron chi connectivity index (χ0n) is 11.1. The topological polar surface area (TPSA) is 71.0 Å². The number of para-hydroxylation sites is 1. The summed E-state index contributed by atoms with van der Waals surface area (Å²) in [7, 11) is 1.55. The Hall–Kier alpha value is -1.14. The average Bonchev–Trinajstić information content (AvgIpc) is 2.45. The number of hydrogen-bond donors (Lipinski definition) is 3. The van der Waals surface area contributed by atoms with Crippen LogP contribution in [0.1, 0.15) is 12.0 Å². The highest BCUT2D eigenvalue weighted by Gasteiger charge is 2.37. The van der Waals surface area contributed by atoms with Gasteiger partial charge in [-0.3, -0.25) is 0 Å². The van der Waals surface area contributed by atoms with Gasteiger partial charge in [-0.1, -0.05) is 18.2 Å². The zero-order valence-corrected chi connectivity index (χ0v) is 11.1. The number of aliphatic hydroxyl groups is 2. The molecule has 0 spiro atoms. The van der Waals surface area contributed by atoms with Gasteiger partial charge in [-0.15, -0.1) is 0 Å². The molecule has 0 aromatic heterocycles. The second-order valence-corrected chi connectivity index (χ2v) is 4.82. The molecular weight excluding hydrogens is 246 g/mol. The molecule has 0 saturated heterocycles. The van der Waals surface area contributed by atoms with Gasteiger partial charge in [0.05, 0.1) is 31.5 Å². The van der Waals surface area contributed by atoms with Crippen LogP contribution in [0, 0.1) is 0 Å². The molecular formula is C14H21NO4. The minimum atomic E-state index is -0.594. The van der Waals surface area contributed by atoms with Crippen LogP contribution in [0.3, 0.4) is 0 Å². The van der Waals surface area contributed by atoms with E-state index in [1.54, 1.807) is 7.11 Å². The van der Waals surface area contributed by atoms with Gasteiger partial charge in [-0.25, -0.2) is 0 Å². The van der Waals surface area contributed by atoms with Crippen molar-refractivity contribution in [2.24, 2.45) is 0 Å². The summed E-state index contributed by atoms with van der Waals surface area (Å²) in [6.07, 6.45) is 0.0728. The Morgan fingerprint density at radius 2 is 2.26 bits per heavy atom. The predicted octanol–water partition coefficient (Wildman–Crippen LogP) is 0.254. The predicted molar refractivity (Wildman–Crippen MR) is 71.2 cm³/mol. The Balaban J connectivity index is 2.15. The van der Waals surface area contributed by atoms with Gasteiger partial charge in [0.2, 0.25) is 0 Å². The number of ether oxygens (including phenoxy) is 2. The molecule has 1 aliphatic heterocycles.